The third kappa shape index (κ3) is 3.04. The van der Waals surface area contributed by atoms with Crippen LogP contribution in [-0.2, 0) is 0 Å². The Labute approximate surface area is 141 Å². The Bertz CT molecular complexity index is 903. The summed E-state index contributed by atoms with van der Waals surface area (Å²) in [4.78, 5) is 12.5. The fourth-order valence-electron chi connectivity index (χ4n) is 2.70. The highest BCUT2D eigenvalue weighted by molar-refractivity contribution is 6.08. The van der Waals surface area contributed by atoms with E-state index in [2.05, 4.69) is 10.6 Å². The van der Waals surface area contributed by atoms with Crippen LogP contribution in [0.1, 0.15) is 11.1 Å². The Hall–Kier alpha value is -3.01. The van der Waals surface area contributed by atoms with Crippen molar-refractivity contribution < 1.29 is 9.53 Å². The maximum atomic E-state index is 12.5. The minimum absolute atomic E-state index is 0.293. The maximum Gasteiger partial charge on any atom is 0.323 e. The average Bonchev–Trinajstić information content (AvgIpc) is 2.59. The van der Waals surface area contributed by atoms with E-state index in [9.17, 15) is 4.79 Å². The van der Waals surface area contributed by atoms with Crippen LogP contribution in [-0.4, -0.2) is 13.1 Å². The summed E-state index contributed by atoms with van der Waals surface area (Å²) in [6.07, 6.45) is 0. The zero-order valence-corrected chi connectivity index (χ0v) is 14.0. The molecule has 3 rings (SSSR count). The molecule has 0 saturated carbocycles. The molecule has 0 bridgehead atoms. The molecular formula is C20H20N2O2. The molecule has 0 aliphatic carbocycles. The van der Waals surface area contributed by atoms with Crippen LogP contribution in [0.25, 0.3) is 10.8 Å². The van der Waals surface area contributed by atoms with Crippen LogP contribution in [0.15, 0.2) is 54.6 Å². The van der Waals surface area contributed by atoms with Gasteiger partial charge in [-0.2, -0.15) is 0 Å². The minimum Gasteiger partial charge on any atom is -0.495 e. The molecule has 2 amide bonds. The lowest BCUT2D eigenvalue weighted by Crippen LogP contribution is -2.20. The van der Waals surface area contributed by atoms with Crippen molar-refractivity contribution in [2.45, 2.75) is 13.8 Å². The van der Waals surface area contributed by atoms with Crippen molar-refractivity contribution in [1.29, 1.82) is 0 Å². The number of ether oxygens (including phenoxy) is 1. The first kappa shape index (κ1) is 15.9. The molecule has 0 radical (unpaired) electrons. The average molecular weight is 320 g/mol. The molecule has 24 heavy (non-hydrogen) atoms. The molecular weight excluding hydrogens is 300 g/mol. The Morgan fingerprint density at radius 1 is 0.917 bits per heavy atom. The highest BCUT2D eigenvalue weighted by Crippen LogP contribution is 2.33. The molecule has 0 aromatic heterocycles. The van der Waals surface area contributed by atoms with Gasteiger partial charge in [0.1, 0.15) is 5.75 Å². The summed E-state index contributed by atoms with van der Waals surface area (Å²) in [7, 11) is 1.60. The van der Waals surface area contributed by atoms with Crippen LogP contribution >= 0.6 is 0 Å². The van der Waals surface area contributed by atoms with Crippen LogP contribution in [0.4, 0.5) is 16.2 Å². The monoisotopic (exact) mass is 320 g/mol. The van der Waals surface area contributed by atoms with Crippen molar-refractivity contribution in [3.8, 4) is 5.75 Å². The smallest absolute Gasteiger partial charge is 0.323 e. The number of amides is 2. The second-order valence-electron chi connectivity index (χ2n) is 5.69. The number of anilines is 2. The van der Waals surface area contributed by atoms with Crippen molar-refractivity contribution in [2.75, 3.05) is 17.7 Å². The van der Waals surface area contributed by atoms with Crippen LogP contribution in [0, 0.1) is 13.8 Å². The number of fused-ring (bicyclic) bond motifs is 1. The lowest BCUT2D eigenvalue weighted by Gasteiger charge is -2.15. The number of benzene rings is 3. The largest absolute Gasteiger partial charge is 0.495 e. The third-order valence-corrected chi connectivity index (χ3v) is 4.20. The molecule has 3 aromatic rings. The molecule has 0 aliphatic heterocycles. The predicted molar refractivity (Wildman–Crippen MR) is 99.1 cm³/mol. The Kier molecular flexibility index (Phi) is 4.38. The van der Waals surface area contributed by atoms with E-state index in [0.717, 1.165) is 27.6 Å². The number of aryl methyl sites for hydroxylation is 1. The zero-order valence-electron chi connectivity index (χ0n) is 14.0. The summed E-state index contributed by atoms with van der Waals surface area (Å²) in [5.74, 6) is 0.629. The number of nitrogens with one attached hydrogen (secondary N) is 2. The molecule has 0 spiro atoms. The van der Waals surface area contributed by atoms with Crippen LogP contribution in [0.3, 0.4) is 0 Å². The highest BCUT2D eigenvalue weighted by atomic mass is 16.5. The molecule has 0 saturated heterocycles. The summed E-state index contributed by atoms with van der Waals surface area (Å²) in [5.41, 5.74) is 3.65. The van der Waals surface area contributed by atoms with Gasteiger partial charge in [-0.05, 0) is 42.5 Å². The number of carbonyl (C=O) groups is 1. The number of rotatable bonds is 3. The summed E-state index contributed by atoms with van der Waals surface area (Å²) < 4.78 is 5.40. The van der Waals surface area contributed by atoms with E-state index in [4.69, 9.17) is 4.74 Å². The molecule has 122 valence electrons. The van der Waals surface area contributed by atoms with Gasteiger partial charge in [0.15, 0.2) is 0 Å². The molecule has 0 heterocycles. The molecule has 3 aromatic carbocycles. The second kappa shape index (κ2) is 6.62. The Morgan fingerprint density at radius 2 is 1.71 bits per heavy atom. The van der Waals surface area contributed by atoms with Gasteiger partial charge in [-0.3, -0.25) is 0 Å². The van der Waals surface area contributed by atoms with Crippen LogP contribution in [0.5, 0.6) is 5.75 Å². The van der Waals surface area contributed by atoms with Crippen molar-refractivity contribution in [2.24, 2.45) is 0 Å². The fourth-order valence-corrected chi connectivity index (χ4v) is 2.70. The lowest BCUT2D eigenvalue weighted by atomic mass is 10.1. The molecule has 4 heteroatoms. The summed E-state index contributed by atoms with van der Waals surface area (Å²) in [6.45, 7) is 4.01. The van der Waals surface area contributed by atoms with E-state index in [1.54, 1.807) is 7.11 Å². The number of hydrogen-bond donors (Lipinski definition) is 2. The maximum absolute atomic E-state index is 12.5. The third-order valence-electron chi connectivity index (χ3n) is 4.20. The van der Waals surface area contributed by atoms with E-state index >= 15 is 0 Å². The molecule has 2 N–H and O–H groups in total. The number of hydrogen-bond acceptors (Lipinski definition) is 2. The molecule has 0 aliphatic rings. The Morgan fingerprint density at radius 3 is 2.50 bits per heavy atom. The van der Waals surface area contributed by atoms with Gasteiger partial charge in [0.05, 0.1) is 12.8 Å². The normalized spacial score (nSPS) is 10.5. The molecule has 4 nitrogen and oxygen atoms in total. The van der Waals surface area contributed by atoms with E-state index in [-0.39, 0.29) is 6.03 Å². The van der Waals surface area contributed by atoms with Crippen LogP contribution < -0.4 is 15.4 Å². The van der Waals surface area contributed by atoms with Gasteiger partial charge in [-0.15, -0.1) is 0 Å². The molecule has 0 fully saturated rings. The molecule has 0 atom stereocenters. The van der Waals surface area contributed by atoms with E-state index in [1.165, 1.54) is 0 Å². The van der Waals surface area contributed by atoms with Crippen molar-refractivity contribution in [3.63, 3.8) is 0 Å². The van der Waals surface area contributed by atoms with Gasteiger partial charge in [0.2, 0.25) is 0 Å². The second-order valence-corrected chi connectivity index (χ2v) is 5.69. The summed E-state index contributed by atoms with van der Waals surface area (Å²) in [6, 6.07) is 17.2. The van der Waals surface area contributed by atoms with Crippen molar-refractivity contribution in [1.82, 2.24) is 0 Å². The summed E-state index contributed by atoms with van der Waals surface area (Å²) in [5, 5.41) is 7.81. The predicted octanol–water partition coefficient (Wildman–Crippen LogP) is 5.11. The van der Waals surface area contributed by atoms with Gasteiger partial charge in [0, 0.05) is 11.1 Å². The van der Waals surface area contributed by atoms with Crippen molar-refractivity contribution >= 4 is 28.2 Å². The number of carbonyl (C=O) groups excluding carboxylic acids is 1. The van der Waals surface area contributed by atoms with Gasteiger partial charge in [0.25, 0.3) is 0 Å². The summed E-state index contributed by atoms with van der Waals surface area (Å²) >= 11 is 0. The van der Waals surface area contributed by atoms with Gasteiger partial charge in [-0.25, -0.2) is 4.79 Å². The lowest BCUT2D eigenvalue weighted by molar-refractivity contribution is 0.262. The highest BCUT2D eigenvalue weighted by Gasteiger charge is 2.12. The first-order valence-electron chi connectivity index (χ1n) is 7.80. The standard InChI is InChI=1S/C20H20N2O2/c1-13-7-6-10-17(14(13)2)21-20(23)22-19-16-9-5-4-8-15(16)11-12-18(19)24-3/h4-12H,1-3H3,(H2,21,22,23). The Balaban J connectivity index is 1.91. The molecule has 0 unspecified atom stereocenters. The van der Waals surface area contributed by atoms with E-state index in [1.807, 2.05) is 68.4 Å². The quantitative estimate of drug-likeness (QED) is 0.704. The number of urea groups is 1. The van der Waals surface area contributed by atoms with Gasteiger partial charge >= 0.3 is 6.03 Å². The van der Waals surface area contributed by atoms with Gasteiger partial charge in [-0.1, -0.05) is 42.5 Å². The minimum atomic E-state index is -0.293. The van der Waals surface area contributed by atoms with Gasteiger partial charge < -0.3 is 15.4 Å². The van der Waals surface area contributed by atoms with E-state index in [0.29, 0.717) is 11.4 Å². The van der Waals surface area contributed by atoms with E-state index < -0.39 is 0 Å². The topological polar surface area (TPSA) is 50.4 Å². The number of methoxy groups -OCH3 is 1. The van der Waals surface area contributed by atoms with Crippen molar-refractivity contribution in [3.05, 3.63) is 65.7 Å². The van der Waals surface area contributed by atoms with Crippen LogP contribution in [0.2, 0.25) is 0 Å². The first-order chi connectivity index (χ1) is 11.6. The zero-order chi connectivity index (χ0) is 17.1. The fraction of sp³-hybridized carbons (Fsp3) is 0.150. The first-order valence-corrected chi connectivity index (χ1v) is 7.80. The SMILES string of the molecule is COc1ccc2ccccc2c1NC(=O)Nc1cccc(C)c1C.